The van der Waals surface area contributed by atoms with Gasteiger partial charge in [-0.1, -0.05) is 67.8 Å². The molecule has 3 rings (SSSR count). The van der Waals surface area contributed by atoms with E-state index in [0.29, 0.717) is 5.56 Å². The van der Waals surface area contributed by atoms with Gasteiger partial charge in [0.05, 0.1) is 6.61 Å². The van der Waals surface area contributed by atoms with Crippen molar-refractivity contribution >= 4 is 17.9 Å². The fraction of sp³-hybridized carbons (Fsp3) is 0.516. The minimum absolute atomic E-state index is 0.0400. The average molecular weight is 554 g/mol. The van der Waals surface area contributed by atoms with Crippen molar-refractivity contribution in [3.8, 4) is 5.75 Å². The van der Waals surface area contributed by atoms with Crippen LogP contribution in [0.1, 0.15) is 75.6 Å². The second-order valence-electron chi connectivity index (χ2n) is 11.4. The number of nitrogens with one attached hydrogen (secondary N) is 2. The molecule has 0 aliphatic heterocycles. The van der Waals surface area contributed by atoms with Crippen LogP contribution < -0.4 is 10.6 Å². The van der Waals surface area contributed by atoms with Crippen LogP contribution in [0, 0.1) is 6.92 Å². The van der Waals surface area contributed by atoms with E-state index < -0.39 is 42.2 Å². The SMILES string of the molecule is Cc1cccc(C(C(=O)NC2CCCCC2)N(CCO)C(=O)C(Cc2ccccc2)NC(=O)OC(C)(C)C)c1O. The molecule has 0 aromatic heterocycles. The van der Waals surface area contributed by atoms with E-state index in [0.717, 1.165) is 37.7 Å². The smallest absolute Gasteiger partial charge is 0.408 e. The molecule has 0 saturated heterocycles. The summed E-state index contributed by atoms with van der Waals surface area (Å²) in [6, 6.07) is 11.9. The maximum absolute atomic E-state index is 14.2. The maximum Gasteiger partial charge on any atom is 0.408 e. The van der Waals surface area contributed by atoms with Crippen molar-refractivity contribution in [2.24, 2.45) is 0 Å². The first kappa shape index (κ1) is 30.9. The zero-order valence-corrected chi connectivity index (χ0v) is 24.0. The zero-order valence-electron chi connectivity index (χ0n) is 24.0. The van der Waals surface area contributed by atoms with E-state index in [1.54, 1.807) is 45.9 Å². The number of rotatable bonds is 10. The van der Waals surface area contributed by atoms with E-state index in [2.05, 4.69) is 10.6 Å². The number of alkyl carbamates (subject to hydrolysis) is 1. The Morgan fingerprint density at radius 2 is 1.70 bits per heavy atom. The quantitative estimate of drug-likeness (QED) is 0.350. The van der Waals surface area contributed by atoms with Crippen LogP contribution in [0.5, 0.6) is 5.75 Å². The van der Waals surface area contributed by atoms with Gasteiger partial charge in [0, 0.05) is 24.6 Å². The van der Waals surface area contributed by atoms with Gasteiger partial charge in [0.15, 0.2) is 0 Å². The first-order valence-electron chi connectivity index (χ1n) is 14.0. The maximum atomic E-state index is 14.2. The fourth-order valence-electron chi connectivity index (χ4n) is 5.05. The standard InChI is InChI=1S/C31H43N3O6/c1-21-12-11-17-24(27(21)36)26(28(37)32-23-15-9-6-10-16-23)34(18-19-35)29(38)25(20-22-13-7-5-8-14-22)33-30(39)40-31(2,3)4/h5,7-8,11-14,17,23,25-26,35-36H,6,9-10,15-16,18-20H2,1-4H3,(H,32,37)(H,33,39). The number of hydrogen-bond acceptors (Lipinski definition) is 6. The summed E-state index contributed by atoms with van der Waals surface area (Å²) < 4.78 is 5.43. The number of ether oxygens (including phenoxy) is 1. The summed E-state index contributed by atoms with van der Waals surface area (Å²) in [6.07, 6.45) is 4.16. The minimum atomic E-state index is -1.22. The molecule has 2 aromatic carbocycles. The van der Waals surface area contributed by atoms with Gasteiger partial charge in [0.25, 0.3) is 0 Å². The van der Waals surface area contributed by atoms with Gasteiger partial charge in [-0.15, -0.1) is 0 Å². The number of carbonyl (C=O) groups excluding carboxylic acids is 3. The van der Waals surface area contributed by atoms with E-state index >= 15 is 0 Å². The van der Waals surface area contributed by atoms with Gasteiger partial charge in [0.2, 0.25) is 11.8 Å². The minimum Gasteiger partial charge on any atom is -0.507 e. The predicted octanol–water partition coefficient (Wildman–Crippen LogP) is 4.15. The summed E-state index contributed by atoms with van der Waals surface area (Å²) >= 11 is 0. The molecule has 2 atom stereocenters. The van der Waals surface area contributed by atoms with Crippen LogP contribution in [-0.4, -0.2) is 63.9 Å². The first-order valence-corrected chi connectivity index (χ1v) is 14.0. The van der Waals surface area contributed by atoms with Crippen molar-refractivity contribution in [3.63, 3.8) is 0 Å². The number of carbonyl (C=O) groups is 3. The molecule has 1 fully saturated rings. The normalized spacial score (nSPS) is 15.5. The van der Waals surface area contributed by atoms with Gasteiger partial charge >= 0.3 is 6.09 Å². The molecule has 2 aromatic rings. The van der Waals surface area contributed by atoms with E-state index in [4.69, 9.17) is 4.74 Å². The Balaban J connectivity index is 2.02. The van der Waals surface area contributed by atoms with Crippen LogP contribution in [0.4, 0.5) is 4.79 Å². The summed E-state index contributed by atoms with van der Waals surface area (Å²) in [7, 11) is 0. The Morgan fingerprint density at radius 1 is 1.02 bits per heavy atom. The van der Waals surface area contributed by atoms with Crippen molar-refractivity contribution in [1.29, 1.82) is 0 Å². The molecule has 1 aliphatic rings. The van der Waals surface area contributed by atoms with E-state index in [1.165, 1.54) is 4.90 Å². The van der Waals surface area contributed by atoms with Crippen molar-refractivity contribution in [3.05, 3.63) is 65.2 Å². The van der Waals surface area contributed by atoms with Crippen LogP contribution in [0.3, 0.4) is 0 Å². The van der Waals surface area contributed by atoms with E-state index in [-0.39, 0.29) is 30.3 Å². The number of aliphatic hydroxyl groups excluding tert-OH is 1. The lowest BCUT2D eigenvalue weighted by atomic mass is 9.94. The molecule has 0 spiro atoms. The number of amides is 3. The van der Waals surface area contributed by atoms with Gasteiger partial charge in [-0.05, 0) is 51.7 Å². The second-order valence-corrected chi connectivity index (χ2v) is 11.4. The van der Waals surface area contributed by atoms with Crippen LogP contribution in [0.25, 0.3) is 0 Å². The van der Waals surface area contributed by atoms with Gasteiger partial charge in [0.1, 0.15) is 23.4 Å². The van der Waals surface area contributed by atoms with Crippen molar-refractivity contribution in [2.45, 2.75) is 89.9 Å². The number of aromatic hydroxyl groups is 1. The van der Waals surface area contributed by atoms with Crippen molar-refractivity contribution in [2.75, 3.05) is 13.2 Å². The molecule has 1 saturated carbocycles. The molecule has 218 valence electrons. The molecule has 0 radical (unpaired) electrons. The molecule has 2 unspecified atom stereocenters. The average Bonchev–Trinajstić information content (AvgIpc) is 2.90. The lowest BCUT2D eigenvalue weighted by Gasteiger charge is -2.35. The molecule has 9 nitrogen and oxygen atoms in total. The summed E-state index contributed by atoms with van der Waals surface area (Å²) in [5.41, 5.74) is 0.815. The number of hydrogen-bond donors (Lipinski definition) is 4. The van der Waals surface area contributed by atoms with Crippen LogP contribution in [-0.2, 0) is 20.7 Å². The van der Waals surface area contributed by atoms with Gasteiger partial charge in [-0.3, -0.25) is 9.59 Å². The number of phenolic OH excluding ortho intramolecular Hbond substituents is 1. The van der Waals surface area contributed by atoms with Crippen LogP contribution in [0.15, 0.2) is 48.5 Å². The number of nitrogens with zero attached hydrogens (tertiary/aromatic N) is 1. The molecule has 3 amide bonds. The Labute approximate surface area is 236 Å². The third-order valence-corrected chi connectivity index (χ3v) is 6.97. The predicted molar refractivity (Wildman–Crippen MR) is 153 cm³/mol. The Hall–Kier alpha value is -3.59. The zero-order chi connectivity index (χ0) is 29.3. The van der Waals surface area contributed by atoms with Crippen molar-refractivity contribution in [1.82, 2.24) is 15.5 Å². The third-order valence-electron chi connectivity index (χ3n) is 6.97. The van der Waals surface area contributed by atoms with E-state index in [1.807, 2.05) is 30.3 Å². The molecule has 0 heterocycles. The molecule has 9 heteroatoms. The first-order chi connectivity index (χ1) is 19.0. The molecule has 40 heavy (non-hydrogen) atoms. The topological polar surface area (TPSA) is 128 Å². The second kappa shape index (κ2) is 14.2. The Kier molecular flexibility index (Phi) is 11.0. The number of aliphatic hydroxyl groups is 1. The highest BCUT2D eigenvalue weighted by Gasteiger charge is 2.38. The van der Waals surface area contributed by atoms with Gasteiger partial charge < -0.3 is 30.5 Å². The number of phenols is 1. The monoisotopic (exact) mass is 553 g/mol. The molecule has 4 N–H and O–H groups in total. The molecular formula is C31H43N3O6. The highest BCUT2D eigenvalue weighted by atomic mass is 16.6. The number of para-hydroxylation sites is 1. The Morgan fingerprint density at radius 3 is 2.33 bits per heavy atom. The molecular weight excluding hydrogens is 510 g/mol. The van der Waals surface area contributed by atoms with Crippen LogP contribution in [0.2, 0.25) is 0 Å². The molecule has 1 aliphatic carbocycles. The van der Waals surface area contributed by atoms with Crippen LogP contribution >= 0.6 is 0 Å². The summed E-state index contributed by atoms with van der Waals surface area (Å²) in [4.78, 5) is 42.2. The van der Waals surface area contributed by atoms with E-state index in [9.17, 15) is 24.6 Å². The third kappa shape index (κ3) is 8.71. The van der Waals surface area contributed by atoms with Gasteiger partial charge in [-0.25, -0.2) is 4.79 Å². The number of aryl methyl sites for hydroxylation is 1. The fourth-order valence-corrected chi connectivity index (χ4v) is 5.05. The summed E-state index contributed by atoms with van der Waals surface area (Å²) in [5.74, 6) is -1.11. The highest BCUT2D eigenvalue weighted by molar-refractivity contribution is 5.93. The Bertz CT molecular complexity index is 1140. The lowest BCUT2D eigenvalue weighted by Crippen LogP contribution is -2.55. The van der Waals surface area contributed by atoms with Gasteiger partial charge in [-0.2, -0.15) is 0 Å². The summed E-state index contributed by atoms with van der Waals surface area (Å²) in [6.45, 7) is 6.29. The van der Waals surface area contributed by atoms with Crippen molar-refractivity contribution < 1.29 is 29.3 Å². The highest BCUT2D eigenvalue weighted by Crippen LogP contribution is 2.33. The molecule has 0 bridgehead atoms. The number of benzene rings is 2. The largest absolute Gasteiger partial charge is 0.507 e. The summed E-state index contributed by atoms with van der Waals surface area (Å²) in [5, 5.41) is 26.8. The lowest BCUT2D eigenvalue weighted by molar-refractivity contribution is -0.143.